The van der Waals surface area contributed by atoms with Gasteiger partial charge in [0.05, 0.1) is 5.75 Å². The Bertz CT molecular complexity index is 797. The van der Waals surface area contributed by atoms with Gasteiger partial charge in [-0.15, -0.1) is 11.8 Å². The van der Waals surface area contributed by atoms with Gasteiger partial charge in [-0.2, -0.15) is 0 Å². The first-order valence-corrected chi connectivity index (χ1v) is 11.3. The van der Waals surface area contributed by atoms with E-state index < -0.39 is 6.04 Å². The van der Waals surface area contributed by atoms with Crippen LogP contribution in [0.25, 0.3) is 0 Å². The second kappa shape index (κ2) is 12.1. The van der Waals surface area contributed by atoms with Gasteiger partial charge in [-0.05, 0) is 55.3 Å². The lowest BCUT2D eigenvalue weighted by atomic mass is 10.1. The van der Waals surface area contributed by atoms with E-state index in [4.69, 9.17) is 23.2 Å². The van der Waals surface area contributed by atoms with E-state index in [2.05, 4.69) is 12.2 Å². The van der Waals surface area contributed by atoms with Gasteiger partial charge in [0, 0.05) is 28.0 Å². The Morgan fingerprint density at radius 2 is 1.62 bits per heavy atom. The number of carbonyl (C=O) groups excluding carboxylic acids is 2. The molecule has 0 radical (unpaired) electrons. The van der Waals surface area contributed by atoms with Gasteiger partial charge in [0.25, 0.3) is 0 Å². The third-order valence-electron chi connectivity index (χ3n) is 4.44. The molecule has 1 atom stereocenters. The molecule has 0 aliphatic heterocycles. The zero-order chi connectivity index (χ0) is 21.2. The number of hydrogen-bond acceptors (Lipinski definition) is 3. The smallest absolute Gasteiger partial charge is 0.242 e. The zero-order valence-electron chi connectivity index (χ0n) is 16.7. The summed E-state index contributed by atoms with van der Waals surface area (Å²) in [6.45, 7) is 4.80. The lowest BCUT2D eigenvalue weighted by Gasteiger charge is -2.28. The van der Waals surface area contributed by atoms with E-state index in [0.717, 1.165) is 23.3 Å². The average molecular weight is 453 g/mol. The van der Waals surface area contributed by atoms with Crippen LogP contribution in [-0.4, -0.2) is 35.1 Å². The van der Waals surface area contributed by atoms with Gasteiger partial charge in [0.2, 0.25) is 11.8 Å². The van der Waals surface area contributed by atoms with Crippen molar-refractivity contribution >= 4 is 46.8 Å². The summed E-state index contributed by atoms with van der Waals surface area (Å²) in [6, 6.07) is 14.1. The van der Waals surface area contributed by atoms with Gasteiger partial charge in [-0.1, -0.05) is 48.7 Å². The van der Waals surface area contributed by atoms with Crippen LogP contribution >= 0.6 is 35.0 Å². The molecule has 2 rings (SSSR count). The van der Waals surface area contributed by atoms with E-state index in [9.17, 15) is 9.59 Å². The van der Waals surface area contributed by atoms with Crippen molar-refractivity contribution in [2.24, 2.45) is 0 Å². The molecule has 0 fully saturated rings. The summed E-state index contributed by atoms with van der Waals surface area (Å²) in [6.07, 6.45) is 1.91. The van der Waals surface area contributed by atoms with Gasteiger partial charge >= 0.3 is 0 Å². The Labute approximate surface area is 187 Å². The van der Waals surface area contributed by atoms with Crippen molar-refractivity contribution in [1.29, 1.82) is 0 Å². The molecule has 0 aliphatic carbocycles. The molecule has 2 aromatic rings. The second-order valence-corrected chi connectivity index (χ2v) is 8.63. The minimum absolute atomic E-state index is 0.0990. The maximum Gasteiger partial charge on any atom is 0.242 e. The molecule has 0 bridgehead atoms. The summed E-state index contributed by atoms with van der Waals surface area (Å²) in [7, 11) is 0. The molecule has 7 heteroatoms. The number of nitrogens with zero attached hydrogens (tertiary/aromatic N) is 1. The molecule has 1 unspecified atom stereocenters. The number of unbranched alkanes of at least 4 members (excludes halogenated alkanes) is 1. The molecule has 4 nitrogen and oxygen atoms in total. The van der Waals surface area contributed by atoms with E-state index in [1.807, 2.05) is 24.3 Å². The van der Waals surface area contributed by atoms with E-state index in [0.29, 0.717) is 23.1 Å². The normalized spacial score (nSPS) is 11.7. The number of halogens is 2. The van der Waals surface area contributed by atoms with E-state index in [1.165, 1.54) is 11.8 Å². The Morgan fingerprint density at radius 3 is 2.21 bits per heavy atom. The largest absolute Gasteiger partial charge is 0.354 e. The van der Waals surface area contributed by atoms with Crippen LogP contribution in [0.2, 0.25) is 10.0 Å². The van der Waals surface area contributed by atoms with Gasteiger partial charge in [0.1, 0.15) is 6.04 Å². The molecule has 1 N–H and O–H groups in total. The number of nitrogens with one attached hydrogen (secondary N) is 1. The van der Waals surface area contributed by atoms with Crippen molar-refractivity contribution in [2.75, 3.05) is 12.3 Å². The third-order valence-corrected chi connectivity index (χ3v) is 5.94. The Morgan fingerprint density at radius 1 is 1.03 bits per heavy atom. The van der Waals surface area contributed by atoms with Crippen molar-refractivity contribution in [3.05, 3.63) is 64.1 Å². The molecular formula is C22H26Cl2N2O2S. The first-order valence-electron chi connectivity index (χ1n) is 9.60. The SMILES string of the molecule is CCCCNC(=O)C(C)N(Cc1ccc(Cl)cc1)C(=O)CSc1ccc(Cl)cc1. The maximum atomic E-state index is 13.0. The lowest BCUT2D eigenvalue weighted by Crippen LogP contribution is -2.48. The predicted octanol–water partition coefficient (Wildman–Crippen LogP) is 5.42. The molecule has 156 valence electrons. The molecule has 2 aromatic carbocycles. The molecular weight excluding hydrogens is 427 g/mol. The fourth-order valence-electron chi connectivity index (χ4n) is 2.66. The van der Waals surface area contributed by atoms with Crippen LogP contribution in [0.1, 0.15) is 32.3 Å². The number of amides is 2. The van der Waals surface area contributed by atoms with Crippen molar-refractivity contribution < 1.29 is 9.59 Å². The molecule has 0 aromatic heterocycles. The number of rotatable bonds is 10. The first-order chi connectivity index (χ1) is 13.9. The molecule has 0 heterocycles. The Balaban J connectivity index is 2.08. The zero-order valence-corrected chi connectivity index (χ0v) is 19.0. The Kier molecular flexibility index (Phi) is 9.85. The highest BCUT2D eigenvalue weighted by Crippen LogP contribution is 2.22. The highest BCUT2D eigenvalue weighted by atomic mass is 35.5. The monoisotopic (exact) mass is 452 g/mol. The van der Waals surface area contributed by atoms with Crippen LogP contribution < -0.4 is 5.32 Å². The third kappa shape index (κ3) is 7.92. The quantitative estimate of drug-likeness (QED) is 0.386. The number of hydrogen-bond donors (Lipinski definition) is 1. The van der Waals surface area contributed by atoms with Gasteiger partial charge in [-0.25, -0.2) is 0 Å². The molecule has 0 saturated carbocycles. The molecule has 29 heavy (non-hydrogen) atoms. The van der Waals surface area contributed by atoms with Gasteiger partial charge in [0.15, 0.2) is 0 Å². The van der Waals surface area contributed by atoms with Crippen LogP contribution in [0.15, 0.2) is 53.4 Å². The number of thioether (sulfide) groups is 1. The van der Waals surface area contributed by atoms with Crippen LogP contribution in [0.3, 0.4) is 0 Å². The van der Waals surface area contributed by atoms with Crippen molar-refractivity contribution in [2.45, 2.75) is 44.2 Å². The Hall–Kier alpha value is -1.69. The highest BCUT2D eigenvalue weighted by molar-refractivity contribution is 8.00. The maximum absolute atomic E-state index is 13.0. The summed E-state index contributed by atoms with van der Waals surface area (Å²) >= 11 is 13.3. The van der Waals surface area contributed by atoms with Crippen molar-refractivity contribution in [3.8, 4) is 0 Å². The summed E-state index contributed by atoms with van der Waals surface area (Å²) in [4.78, 5) is 28.1. The fraction of sp³-hybridized carbons (Fsp3) is 0.364. The summed E-state index contributed by atoms with van der Waals surface area (Å²) < 4.78 is 0. The van der Waals surface area contributed by atoms with Crippen molar-refractivity contribution in [1.82, 2.24) is 10.2 Å². The molecule has 2 amide bonds. The first kappa shape index (κ1) is 23.6. The van der Waals surface area contributed by atoms with Crippen LogP contribution in [0.4, 0.5) is 0 Å². The summed E-state index contributed by atoms with van der Waals surface area (Å²) in [5.41, 5.74) is 0.924. The minimum Gasteiger partial charge on any atom is -0.354 e. The molecule has 0 aliphatic rings. The van der Waals surface area contributed by atoms with Crippen LogP contribution in [0.5, 0.6) is 0 Å². The fourth-order valence-corrected chi connectivity index (χ4v) is 3.70. The van der Waals surface area contributed by atoms with Crippen LogP contribution in [0, 0.1) is 0 Å². The molecule has 0 spiro atoms. The van der Waals surface area contributed by atoms with E-state index in [1.54, 1.807) is 36.1 Å². The second-order valence-electron chi connectivity index (χ2n) is 6.71. The van der Waals surface area contributed by atoms with Gasteiger partial charge < -0.3 is 10.2 Å². The average Bonchev–Trinajstić information content (AvgIpc) is 2.72. The predicted molar refractivity (Wildman–Crippen MR) is 122 cm³/mol. The van der Waals surface area contributed by atoms with E-state index >= 15 is 0 Å². The molecule has 0 saturated heterocycles. The number of carbonyl (C=O) groups is 2. The van der Waals surface area contributed by atoms with E-state index in [-0.39, 0.29) is 17.6 Å². The summed E-state index contributed by atoms with van der Waals surface area (Å²) in [5, 5.41) is 4.21. The number of benzene rings is 2. The standard InChI is InChI=1S/C22H26Cl2N2O2S/c1-3-4-13-25-22(28)16(2)26(14-17-5-7-18(23)8-6-17)21(27)15-29-20-11-9-19(24)10-12-20/h5-12,16H,3-4,13-15H2,1-2H3,(H,25,28). The summed E-state index contributed by atoms with van der Waals surface area (Å²) in [5.74, 6) is -0.00257. The lowest BCUT2D eigenvalue weighted by molar-refractivity contribution is -0.138. The topological polar surface area (TPSA) is 49.4 Å². The van der Waals surface area contributed by atoms with Crippen molar-refractivity contribution in [3.63, 3.8) is 0 Å². The van der Waals surface area contributed by atoms with Crippen LogP contribution in [-0.2, 0) is 16.1 Å². The minimum atomic E-state index is -0.569. The van der Waals surface area contributed by atoms with Gasteiger partial charge in [-0.3, -0.25) is 9.59 Å². The highest BCUT2D eigenvalue weighted by Gasteiger charge is 2.26.